The molecule has 5 nitrogen and oxygen atoms in total. The maximum absolute atomic E-state index is 13.0. The molecular weight excluding hydrogens is 383 g/mol. The maximum atomic E-state index is 13.0. The van der Waals surface area contributed by atoms with E-state index in [9.17, 15) is 9.18 Å². The van der Waals surface area contributed by atoms with Gasteiger partial charge in [0.25, 0.3) is 0 Å². The van der Waals surface area contributed by atoms with Crippen LogP contribution in [0.15, 0.2) is 52.9 Å². The number of hydrogen-bond donors (Lipinski definition) is 2. The van der Waals surface area contributed by atoms with E-state index in [2.05, 4.69) is 20.8 Å². The number of carbonyl (C=O) groups is 1. The van der Waals surface area contributed by atoms with Crippen molar-refractivity contribution in [2.45, 2.75) is 24.2 Å². The molecule has 1 aromatic heterocycles. The van der Waals surface area contributed by atoms with E-state index in [-0.39, 0.29) is 23.5 Å². The van der Waals surface area contributed by atoms with E-state index in [1.54, 1.807) is 12.1 Å². The summed E-state index contributed by atoms with van der Waals surface area (Å²) in [5, 5.41) is 15.0. The Morgan fingerprint density at radius 1 is 1.15 bits per heavy atom. The minimum atomic E-state index is -0.292. The molecule has 0 radical (unpaired) electrons. The van der Waals surface area contributed by atoms with Crippen LogP contribution in [-0.2, 0) is 4.79 Å². The first-order valence-corrected chi connectivity index (χ1v) is 10.1. The van der Waals surface area contributed by atoms with Crippen LogP contribution in [0.4, 0.5) is 15.2 Å². The number of aromatic nitrogens is 2. The van der Waals surface area contributed by atoms with Crippen molar-refractivity contribution in [3.05, 3.63) is 65.5 Å². The zero-order valence-electron chi connectivity index (χ0n) is 14.9. The molecule has 0 bridgehead atoms. The fraction of sp³-hybridized carbons (Fsp3) is 0.211. The normalized spacial score (nSPS) is 11.8. The Labute approximate surface area is 165 Å². The quantitative estimate of drug-likeness (QED) is 0.561. The summed E-state index contributed by atoms with van der Waals surface area (Å²) in [6.07, 6.45) is 0. The van der Waals surface area contributed by atoms with E-state index in [0.29, 0.717) is 9.47 Å². The first-order chi connectivity index (χ1) is 13.0. The summed E-state index contributed by atoms with van der Waals surface area (Å²) >= 11 is 2.73. The minimum Gasteiger partial charge on any atom is -0.349 e. The molecule has 1 heterocycles. The van der Waals surface area contributed by atoms with Gasteiger partial charge in [-0.3, -0.25) is 4.79 Å². The molecule has 3 rings (SSSR count). The summed E-state index contributed by atoms with van der Waals surface area (Å²) in [7, 11) is 0. The molecule has 0 aliphatic rings. The van der Waals surface area contributed by atoms with Gasteiger partial charge in [0.2, 0.25) is 11.0 Å². The summed E-state index contributed by atoms with van der Waals surface area (Å²) in [6.45, 7) is 3.90. The number of hydrogen-bond acceptors (Lipinski definition) is 6. The minimum absolute atomic E-state index is 0.111. The smallest absolute Gasteiger partial charge is 0.230 e. The van der Waals surface area contributed by atoms with Crippen LogP contribution in [-0.4, -0.2) is 21.9 Å². The molecule has 1 amide bonds. The lowest BCUT2D eigenvalue weighted by Crippen LogP contribution is -2.28. The number of nitrogens with one attached hydrogen (secondary N) is 2. The van der Waals surface area contributed by atoms with Crippen molar-refractivity contribution in [3.63, 3.8) is 0 Å². The summed E-state index contributed by atoms with van der Waals surface area (Å²) in [4.78, 5) is 12.1. The zero-order valence-corrected chi connectivity index (χ0v) is 16.5. The van der Waals surface area contributed by atoms with Crippen LogP contribution in [0.2, 0.25) is 0 Å². The van der Waals surface area contributed by atoms with Crippen molar-refractivity contribution in [2.24, 2.45) is 0 Å². The fourth-order valence-corrected chi connectivity index (χ4v) is 3.91. The van der Waals surface area contributed by atoms with Gasteiger partial charge in [-0.15, -0.1) is 10.2 Å². The Morgan fingerprint density at radius 3 is 2.56 bits per heavy atom. The number of nitrogens with zero attached hydrogens (tertiary/aromatic N) is 2. The lowest BCUT2D eigenvalue weighted by atomic mass is 10.1. The summed E-state index contributed by atoms with van der Waals surface area (Å²) in [6, 6.07) is 13.9. The number of anilines is 2. The van der Waals surface area contributed by atoms with Crippen LogP contribution < -0.4 is 10.6 Å². The highest BCUT2D eigenvalue weighted by Gasteiger charge is 2.12. The molecule has 0 fully saturated rings. The third-order valence-corrected chi connectivity index (χ3v) is 5.76. The Kier molecular flexibility index (Phi) is 6.41. The van der Waals surface area contributed by atoms with Crippen LogP contribution in [0.3, 0.4) is 0 Å². The number of aryl methyl sites for hydroxylation is 1. The van der Waals surface area contributed by atoms with E-state index in [4.69, 9.17) is 0 Å². The molecule has 2 aromatic carbocycles. The van der Waals surface area contributed by atoms with E-state index in [1.165, 1.54) is 40.8 Å². The fourth-order valence-electron chi connectivity index (χ4n) is 2.32. The largest absolute Gasteiger partial charge is 0.349 e. The van der Waals surface area contributed by atoms with Crippen molar-refractivity contribution in [1.82, 2.24) is 15.5 Å². The highest BCUT2D eigenvalue weighted by atomic mass is 32.2. The van der Waals surface area contributed by atoms with Crippen LogP contribution in [0.25, 0.3) is 0 Å². The van der Waals surface area contributed by atoms with Gasteiger partial charge >= 0.3 is 0 Å². The number of halogens is 1. The number of rotatable bonds is 7. The molecule has 3 aromatic rings. The van der Waals surface area contributed by atoms with Crippen molar-refractivity contribution in [1.29, 1.82) is 0 Å². The maximum Gasteiger partial charge on any atom is 0.230 e. The predicted molar refractivity (Wildman–Crippen MR) is 108 cm³/mol. The molecule has 8 heteroatoms. The number of carbonyl (C=O) groups excluding carboxylic acids is 1. The van der Waals surface area contributed by atoms with E-state index < -0.39 is 0 Å². The van der Waals surface area contributed by atoms with Gasteiger partial charge in [0, 0.05) is 5.69 Å². The Morgan fingerprint density at radius 2 is 1.85 bits per heavy atom. The lowest BCUT2D eigenvalue weighted by molar-refractivity contribution is -0.119. The number of amides is 1. The van der Waals surface area contributed by atoms with Gasteiger partial charge < -0.3 is 10.6 Å². The van der Waals surface area contributed by atoms with Gasteiger partial charge in [0.15, 0.2) is 4.34 Å². The second kappa shape index (κ2) is 8.96. The summed E-state index contributed by atoms with van der Waals surface area (Å²) in [5.41, 5.74) is 2.99. The Hall–Kier alpha value is -2.45. The standard InChI is InChI=1S/C19H19FN4OS2/c1-12-3-9-16(10-4-12)22-18-23-24-19(27-18)26-11-17(25)21-13(2)14-5-7-15(20)8-6-14/h3-10,13H,11H2,1-2H3,(H,21,25)(H,22,23). The van der Waals surface area contributed by atoms with Gasteiger partial charge in [-0.25, -0.2) is 4.39 Å². The molecule has 1 unspecified atom stereocenters. The van der Waals surface area contributed by atoms with Crippen molar-refractivity contribution in [2.75, 3.05) is 11.1 Å². The first kappa shape index (κ1) is 19.3. The van der Waals surface area contributed by atoms with E-state index in [0.717, 1.165) is 11.3 Å². The molecule has 0 aliphatic heterocycles. The molecule has 2 N–H and O–H groups in total. The molecule has 0 saturated heterocycles. The SMILES string of the molecule is Cc1ccc(Nc2nnc(SCC(=O)NC(C)c3ccc(F)cc3)s2)cc1. The van der Waals surface area contributed by atoms with E-state index >= 15 is 0 Å². The third kappa shape index (κ3) is 5.77. The highest BCUT2D eigenvalue weighted by Crippen LogP contribution is 2.27. The molecule has 140 valence electrons. The molecule has 27 heavy (non-hydrogen) atoms. The van der Waals surface area contributed by atoms with Crippen LogP contribution in [0, 0.1) is 12.7 Å². The lowest BCUT2D eigenvalue weighted by Gasteiger charge is -2.13. The molecular formula is C19H19FN4OS2. The van der Waals surface area contributed by atoms with Crippen molar-refractivity contribution >= 4 is 39.8 Å². The van der Waals surface area contributed by atoms with Gasteiger partial charge in [-0.2, -0.15) is 0 Å². The summed E-state index contributed by atoms with van der Waals surface area (Å²) in [5.74, 6) is -0.163. The number of thioether (sulfide) groups is 1. The zero-order chi connectivity index (χ0) is 19.2. The van der Waals surface area contributed by atoms with Crippen molar-refractivity contribution < 1.29 is 9.18 Å². The second-order valence-corrected chi connectivity index (χ2v) is 8.19. The Balaban J connectivity index is 1.48. The monoisotopic (exact) mass is 402 g/mol. The van der Waals surface area contributed by atoms with Crippen LogP contribution in [0.1, 0.15) is 24.1 Å². The topological polar surface area (TPSA) is 66.9 Å². The predicted octanol–water partition coefficient (Wildman–Crippen LogP) is 4.70. The number of benzene rings is 2. The first-order valence-electron chi connectivity index (χ1n) is 8.34. The van der Waals surface area contributed by atoms with Gasteiger partial charge in [-0.1, -0.05) is 52.9 Å². The Bertz CT molecular complexity index is 897. The third-order valence-electron chi connectivity index (χ3n) is 3.78. The van der Waals surface area contributed by atoms with E-state index in [1.807, 2.05) is 38.1 Å². The average molecular weight is 403 g/mol. The van der Waals surface area contributed by atoms with Crippen LogP contribution >= 0.6 is 23.1 Å². The average Bonchev–Trinajstić information content (AvgIpc) is 3.10. The molecule has 0 aliphatic carbocycles. The van der Waals surface area contributed by atoms with Gasteiger partial charge in [-0.05, 0) is 43.7 Å². The highest BCUT2D eigenvalue weighted by molar-refractivity contribution is 8.01. The second-order valence-electron chi connectivity index (χ2n) is 5.99. The molecule has 0 saturated carbocycles. The van der Waals surface area contributed by atoms with Gasteiger partial charge in [0.1, 0.15) is 5.82 Å². The van der Waals surface area contributed by atoms with Crippen molar-refractivity contribution in [3.8, 4) is 0 Å². The van der Waals surface area contributed by atoms with Gasteiger partial charge in [0.05, 0.1) is 11.8 Å². The molecule has 0 spiro atoms. The summed E-state index contributed by atoms with van der Waals surface area (Å²) < 4.78 is 13.7. The molecule has 1 atom stereocenters. The van der Waals surface area contributed by atoms with Crippen LogP contribution in [0.5, 0.6) is 0 Å².